The van der Waals surface area contributed by atoms with E-state index in [1.54, 1.807) is 0 Å². The minimum Gasteiger partial charge on any atom is -0.490 e. The van der Waals surface area contributed by atoms with E-state index < -0.39 is 0 Å². The third kappa shape index (κ3) is 3.24. The molecule has 0 aromatic carbocycles. The van der Waals surface area contributed by atoms with Gasteiger partial charge in [0.05, 0.1) is 19.0 Å². The first kappa shape index (κ1) is 12.9. The van der Waals surface area contributed by atoms with Crippen molar-refractivity contribution in [2.24, 2.45) is 5.41 Å². The van der Waals surface area contributed by atoms with Crippen LogP contribution in [0, 0.1) is 5.41 Å². The van der Waals surface area contributed by atoms with Crippen molar-refractivity contribution >= 4 is 15.9 Å². The lowest BCUT2D eigenvalue weighted by Gasteiger charge is -2.35. The summed E-state index contributed by atoms with van der Waals surface area (Å²) in [4.78, 5) is 0. The summed E-state index contributed by atoms with van der Waals surface area (Å²) in [7, 11) is 0. The molecule has 0 bridgehead atoms. The SMILES string of the molecule is CCn1cc(OCC2(CBr)CCCCC2)cn1. The van der Waals surface area contributed by atoms with Gasteiger partial charge in [-0.05, 0) is 19.8 Å². The number of hydrogen-bond acceptors (Lipinski definition) is 2. The second kappa shape index (κ2) is 5.89. The molecule has 1 aromatic heterocycles. The van der Waals surface area contributed by atoms with E-state index in [0.717, 1.165) is 24.2 Å². The third-order valence-corrected chi connectivity index (χ3v) is 4.87. The molecule has 2 rings (SSSR count). The molecule has 17 heavy (non-hydrogen) atoms. The zero-order chi connectivity index (χ0) is 12.1. The largest absolute Gasteiger partial charge is 0.490 e. The molecule has 1 aliphatic rings. The molecule has 0 amide bonds. The summed E-state index contributed by atoms with van der Waals surface area (Å²) in [6, 6.07) is 0. The van der Waals surface area contributed by atoms with Gasteiger partial charge in [-0.1, -0.05) is 35.2 Å². The molecule has 0 unspecified atom stereocenters. The predicted molar refractivity (Wildman–Crippen MR) is 72.7 cm³/mol. The van der Waals surface area contributed by atoms with E-state index in [1.807, 2.05) is 17.1 Å². The fraction of sp³-hybridized carbons (Fsp3) is 0.769. The van der Waals surface area contributed by atoms with Crippen LogP contribution in [0.5, 0.6) is 5.75 Å². The average Bonchev–Trinajstić information content (AvgIpc) is 2.85. The molecule has 0 saturated heterocycles. The van der Waals surface area contributed by atoms with E-state index in [9.17, 15) is 0 Å². The van der Waals surface area contributed by atoms with Gasteiger partial charge < -0.3 is 4.74 Å². The minimum absolute atomic E-state index is 0.340. The summed E-state index contributed by atoms with van der Waals surface area (Å²) in [5.74, 6) is 0.901. The zero-order valence-corrected chi connectivity index (χ0v) is 12.1. The molecule has 0 spiro atoms. The zero-order valence-electron chi connectivity index (χ0n) is 10.5. The highest BCUT2D eigenvalue weighted by atomic mass is 79.9. The Labute approximate surface area is 112 Å². The first-order valence-electron chi connectivity index (χ1n) is 6.49. The number of aromatic nitrogens is 2. The van der Waals surface area contributed by atoms with Crippen LogP contribution in [0.1, 0.15) is 39.0 Å². The van der Waals surface area contributed by atoms with Crippen molar-refractivity contribution in [3.8, 4) is 5.75 Å². The fourth-order valence-electron chi connectivity index (χ4n) is 2.45. The molecule has 0 atom stereocenters. The van der Waals surface area contributed by atoms with Gasteiger partial charge in [0.1, 0.15) is 0 Å². The van der Waals surface area contributed by atoms with Crippen LogP contribution in [-0.4, -0.2) is 21.7 Å². The predicted octanol–water partition coefficient (Wildman–Crippen LogP) is 3.63. The van der Waals surface area contributed by atoms with Crippen molar-refractivity contribution in [3.05, 3.63) is 12.4 Å². The lowest BCUT2D eigenvalue weighted by Crippen LogP contribution is -2.32. The Balaban J connectivity index is 1.90. The maximum Gasteiger partial charge on any atom is 0.157 e. The number of halogens is 1. The highest BCUT2D eigenvalue weighted by Crippen LogP contribution is 2.38. The molecule has 1 heterocycles. The van der Waals surface area contributed by atoms with Gasteiger partial charge in [-0.15, -0.1) is 0 Å². The van der Waals surface area contributed by atoms with Gasteiger partial charge in [0.2, 0.25) is 0 Å². The fourth-order valence-corrected chi connectivity index (χ4v) is 3.17. The van der Waals surface area contributed by atoms with Gasteiger partial charge in [-0.3, -0.25) is 4.68 Å². The van der Waals surface area contributed by atoms with E-state index in [1.165, 1.54) is 32.1 Å². The number of ether oxygens (including phenoxy) is 1. The summed E-state index contributed by atoms with van der Waals surface area (Å²) in [6.45, 7) is 3.79. The lowest BCUT2D eigenvalue weighted by molar-refractivity contribution is 0.122. The lowest BCUT2D eigenvalue weighted by atomic mass is 9.76. The standard InChI is InChI=1S/C13H21BrN2O/c1-2-16-9-12(8-15-16)17-11-13(10-14)6-4-3-5-7-13/h8-9H,2-7,10-11H2,1H3. The Morgan fingerprint density at radius 1 is 1.41 bits per heavy atom. The van der Waals surface area contributed by atoms with Crippen LogP contribution >= 0.6 is 15.9 Å². The number of aryl methyl sites for hydroxylation is 1. The normalized spacial score (nSPS) is 19.2. The maximum absolute atomic E-state index is 5.91. The highest BCUT2D eigenvalue weighted by molar-refractivity contribution is 9.09. The van der Waals surface area contributed by atoms with E-state index in [2.05, 4.69) is 28.0 Å². The van der Waals surface area contributed by atoms with Crippen LogP contribution in [0.2, 0.25) is 0 Å². The molecule has 4 heteroatoms. The number of alkyl halides is 1. The Kier molecular flexibility index (Phi) is 4.48. The summed E-state index contributed by atoms with van der Waals surface area (Å²) >= 11 is 3.66. The molecular formula is C13H21BrN2O. The number of hydrogen-bond donors (Lipinski definition) is 0. The van der Waals surface area contributed by atoms with Crippen LogP contribution in [0.25, 0.3) is 0 Å². The third-order valence-electron chi connectivity index (χ3n) is 3.68. The van der Waals surface area contributed by atoms with E-state index in [4.69, 9.17) is 4.74 Å². The Hall–Kier alpha value is -0.510. The summed E-state index contributed by atoms with van der Waals surface area (Å²) in [5, 5.41) is 5.27. The van der Waals surface area contributed by atoms with Crippen LogP contribution in [0.3, 0.4) is 0 Å². The summed E-state index contributed by atoms with van der Waals surface area (Å²) in [6.07, 6.45) is 10.4. The Bertz CT molecular complexity index is 345. The first-order valence-corrected chi connectivity index (χ1v) is 7.61. The summed E-state index contributed by atoms with van der Waals surface area (Å²) < 4.78 is 7.81. The molecule has 0 radical (unpaired) electrons. The second-order valence-corrected chi connectivity index (χ2v) is 5.58. The van der Waals surface area contributed by atoms with Gasteiger partial charge in [0.25, 0.3) is 0 Å². The van der Waals surface area contributed by atoms with Crippen molar-refractivity contribution in [3.63, 3.8) is 0 Å². The first-order chi connectivity index (χ1) is 8.28. The quantitative estimate of drug-likeness (QED) is 0.777. The maximum atomic E-state index is 5.91. The van der Waals surface area contributed by atoms with Gasteiger partial charge in [0.15, 0.2) is 5.75 Å². The molecule has 0 N–H and O–H groups in total. The molecule has 1 aromatic rings. The highest BCUT2D eigenvalue weighted by Gasteiger charge is 2.31. The number of rotatable bonds is 5. The van der Waals surface area contributed by atoms with Crippen LogP contribution < -0.4 is 4.74 Å². The Morgan fingerprint density at radius 3 is 2.76 bits per heavy atom. The second-order valence-electron chi connectivity index (χ2n) is 5.01. The van der Waals surface area contributed by atoms with Crippen molar-refractivity contribution in [2.75, 3.05) is 11.9 Å². The van der Waals surface area contributed by atoms with Crippen LogP contribution in [0.15, 0.2) is 12.4 Å². The smallest absolute Gasteiger partial charge is 0.157 e. The molecule has 0 aliphatic heterocycles. The van der Waals surface area contributed by atoms with Gasteiger partial charge in [-0.2, -0.15) is 5.10 Å². The van der Waals surface area contributed by atoms with Crippen molar-refractivity contribution in [1.82, 2.24) is 9.78 Å². The molecule has 1 saturated carbocycles. The monoisotopic (exact) mass is 300 g/mol. The summed E-state index contributed by atoms with van der Waals surface area (Å²) in [5.41, 5.74) is 0.340. The van der Waals surface area contributed by atoms with E-state index in [-0.39, 0.29) is 0 Å². The Morgan fingerprint density at radius 2 is 2.18 bits per heavy atom. The van der Waals surface area contributed by atoms with Gasteiger partial charge >= 0.3 is 0 Å². The van der Waals surface area contributed by atoms with E-state index in [0.29, 0.717) is 5.41 Å². The van der Waals surface area contributed by atoms with Gasteiger partial charge in [-0.25, -0.2) is 0 Å². The molecule has 1 fully saturated rings. The van der Waals surface area contributed by atoms with Crippen molar-refractivity contribution < 1.29 is 4.74 Å². The topological polar surface area (TPSA) is 27.1 Å². The van der Waals surface area contributed by atoms with Crippen molar-refractivity contribution in [2.45, 2.75) is 45.6 Å². The van der Waals surface area contributed by atoms with E-state index >= 15 is 0 Å². The van der Waals surface area contributed by atoms with Crippen LogP contribution in [-0.2, 0) is 6.54 Å². The molecule has 1 aliphatic carbocycles. The minimum atomic E-state index is 0.340. The molecule has 96 valence electrons. The van der Waals surface area contributed by atoms with Crippen LogP contribution in [0.4, 0.5) is 0 Å². The average molecular weight is 301 g/mol. The number of nitrogens with zero attached hydrogens (tertiary/aromatic N) is 2. The van der Waals surface area contributed by atoms with Gasteiger partial charge in [0, 0.05) is 17.3 Å². The van der Waals surface area contributed by atoms with Crippen molar-refractivity contribution in [1.29, 1.82) is 0 Å². The molecule has 3 nitrogen and oxygen atoms in total. The molecular weight excluding hydrogens is 280 g/mol.